The summed E-state index contributed by atoms with van der Waals surface area (Å²) in [6, 6.07) is 7.17. The Balaban J connectivity index is 2.23. The van der Waals surface area contributed by atoms with Crippen molar-refractivity contribution in [1.29, 1.82) is 0 Å². The van der Waals surface area contributed by atoms with Crippen molar-refractivity contribution in [3.05, 3.63) is 34.8 Å². The second-order valence-electron chi connectivity index (χ2n) is 2.84. The summed E-state index contributed by atoms with van der Waals surface area (Å²) in [5.74, 6) is 0.279. The van der Waals surface area contributed by atoms with Crippen LogP contribution in [0.5, 0.6) is 5.75 Å². The van der Waals surface area contributed by atoms with E-state index in [2.05, 4.69) is 10.2 Å². The molecule has 2 rings (SSSR count). The normalized spacial score (nSPS) is 10.3. The number of anilines is 1. The Morgan fingerprint density at radius 2 is 2.07 bits per heavy atom. The fourth-order valence-corrected chi connectivity index (χ4v) is 1.79. The van der Waals surface area contributed by atoms with Gasteiger partial charge in [-0.3, -0.25) is 0 Å². The maximum absolute atomic E-state index is 9.50. The highest BCUT2D eigenvalue weighted by Crippen LogP contribution is 2.21. The number of hydrogen-bond donors (Lipinski definition) is 2. The maximum Gasteiger partial charge on any atom is 0.203 e. The van der Waals surface area contributed by atoms with Gasteiger partial charge in [-0.1, -0.05) is 29.5 Å². The summed E-state index contributed by atoms with van der Waals surface area (Å²) >= 11 is 1.34. The number of phenolic OH excluding ortho intramolecular Hbond substituents is 1. The molecule has 0 radical (unpaired) electrons. The van der Waals surface area contributed by atoms with Crippen molar-refractivity contribution in [3.63, 3.8) is 0 Å². The zero-order chi connectivity index (χ0) is 9.97. The van der Waals surface area contributed by atoms with E-state index in [9.17, 15) is 5.11 Å². The van der Waals surface area contributed by atoms with Crippen molar-refractivity contribution in [2.24, 2.45) is 0 Å². The van der Waals surface area contributed by atoms with Gasteiger partial charge in [0.2, 0.25) is 5.13 Å². The van der Waals surface area contributed by atoms with Crippen LogP contribution >= 0.6 is 11.3 Å². The quantitative estimate of drug-likeness (QED) is 0.781. The van der Waals surface area contributed by atoms with Crippen molar-refractivity contribution in [3.8, 4) is 5.75 Å². The number of nitrogens with two attached hydrogens (primary N) is 1. The molecule has 0 unspecified atom stereocenters. The molecule has 4 nitrogen and oxygen atoms in total. The second kappa shape index (κ2) is 3.63. The Morgan fingerprint density at radius 3 is 2.71 bits per heavy atom. The predicted octanol–water partition coefficient (Wildman–Crippen LogP) is 1.42. The van der Waals surface area contributed by atoms with Crippen LogP contribution in [0.15, 0.2) is 24.3 Å². The van der Waals surface area contributed by atoms with Crippen molar-refractivity contribution >= 4 is 16.5 Å². The molecule has 1 aromatic heterocycles. The van der Waals surface area contributed by atoms with E-state index in [0.29, 0.717) is 11.6 Å². The molecule has 0 saturated carbocycles. The Labute approximate surface area is 85.0 Å². The highest BCUT2D eigenvalue weighted by Gasteiger charge is 2.05. The smallest absolute Gasteiger partial charge is 0.203 e. The molecule has 14 heavy (non-hydrogen) atoms. The summed E-state index contributed by atoms with van der Waals surface area (Å²) < 4.78 is 0. The molecule has 5 heteroatoms. The molecule has 0 spiro atoms. The lowest BCUT2D eigenvalue weighted by Gasteiger charge is -1.99. The summed E-state index contributed by atoms with van der Waals surface area (Å²) in [5.41, 5.74) is 6.29. The molecule has 0 bridgehead atoms. The van der Waals surface area contributed by atoms with E-state index in [4.69, 9.17) is 5.73 Å². The zero-order valence-corrected chi connectivity index (χ0v) is 8.16. The second-order valence-corrected chi connectivity index (χ2v) is 3.93. The number of nitrogen functional groups attached to an aromatic ring is 1. The van der Waals surface area contributed by atoms with Crippen molar-refractivity contribution in [1.82, 2.24) is 10.2 Å². The van der Waals surface area contributed by atoms with Crippen LogP contribution in [0.4, 0.5) is 5.13 Å². The molecule has 0 atom stereocenters. The Morgan fingerprint density at radius 1 is 1.29 bits per heavy atom. The van der Waals surface area contributed by atoms with Crippen LogP contribution in [0, 0.1) is 0 Å². The first-order valence-electron chi connectivity index (χ1n) is 4.10. The van der Waals surface area contributed by atoms with Crippen LogP contribution in [-0.2, 0) is 6.42 Å². The highest BCUT2D eigenvalue weighted by molar-refractivity contribution is 7.15. The first-order valence-corrected chi connectivity index (χ1v) is 4.92. The lowest BCUT2D eigenvalue weighted by Crippen LogP contribution is -1.87. The fourth-order valence-electron chi connectivity index (χ4n) is 1.16. The van der Waals surface area contributed by atoms with Gasteiger partial charge in [0.1, 0.15) is 10.8 Å². The third-order valence-electron chi connectivity index (χ3n) is 1.82. The average Bonchev–Trinajstić information content (AvgIpc) is 2.56. The molecule has 2 aromatic rings. The van der Waals surface area contributed by atoms with Gasteiger partial charge < -0.3 is 10.8 Å². The molecule has 72 valence electrons. The van der Waals surface area contributed by atoms with Gasteiger partial charge in [0.05, 0.1) is 0 Å². The molecule has 1 aromatic carbocycles. The number of aromatic hydroxyl groups is 1. The summed E-state index contributed by atoms with van der Waals surface area (Å²) in [6.07, 6.45) is 0.571. The monoisotopic (exact) mass is 207 g/mol. The van der Waals surface area contributed by atoms with Crippen LogP contribution < -0.4 is 5.73 Å². The molecule has 0 fully saturated rings. The number of nitrogens with zero attached hydrogens (tertiary/aromatic N) is 2. The Kier molecular flexibility index (Phi) is 2.32. The summed E-state index contributed by atoms with van der Waals surface area (Å²) in [7, 11) is 0. The Bertz CT molecular complexity index is 441. The third-order valence-corrected chi connectivity index (χ3v) is 2.57. The van der Waals surface area contributed by atoms with Crippen molar-refractivity contribution in [2.45, 2.75) is 6.42 Å². The molecular formula is C9H9N3OS. The SMILES string of the molecule is Nc1nnc(Cc2ccccc2O)s1. The topological polar surface area (TPSA) is 72.0 Å². The summed E-state index contributed by atoms with van der Waals surface area (Å²) in [4.78, 5) is 0. The van der Waals surface area contributed by atoms with Crippen LogP contribution in [0.25, 0.3) is 0 Å². The van der Waals surface area contributed by atoms with Gasteiger partial charge in [0.15, 0.2) is 0 Å². The third kappa shape index (κ3) is 1.82. The van der Waals surface area contributed by atoms with Gasteiger partial charge in [-0.2, -0.15) is 0 Å². The van der Waals surface area contributed by atoms with Crippen LogP contribution in [-0.4, -0.2) is 15.3 Å². The lowest BCUT2D eigenvalue weighted by molar-refractivity contribution is 0.469. The van der Waals surface area contributed by atoms with Crippen molar-refractivity contribution in [2.75, 3.05) is 5.73 Å². The van der Waals surface area contributed by atoms with E-state index in [0.717, 1.165) is 10.6 Å². The fraction of sp³-hybridized carbons (Fsp3) is 0.111. The maximum atomic E-state index is 9.50. The van der Waals surface area contributed by atoms with Gasteiger partial charge in [0, 0.05) is 12.0 Å². The minimum absolute atomic E-state index is 0.279. The van der Waals surface area contributed by atoms with E-state index in [-0.39, 0.29) is 5.75 Å². The standard InChI is InChI=1S/C9H9N3OS/c10-9-12-11-8(14-9)5-6-3-1-2-4-7(6)13/h1-4,13H,5H2,(H2,10,12). The van der Waals surface area contributed by atoms with Gasteiger partial charge >= 0.3 is 0 Å². The number of benzene rings is 1. The highest BCUT2D eigenvalue weighted by atomic mass is 32.1. The number of hydrogen-bond acceptors (Lipinski definition) is 5. The van der Waals surface area contributed by atoms with Crippen LogP contribution in [0.3, 0.4) is 0 Å². The van der Waals surface area contributed by atoms with E-state index in [1.807, 2.05) is 12.1 Å². The first kappa shape index (κ1) is 8.96. The number of phenols is 1. The Hall–Kier alpha value is -1.62. The predicted molar refractivity (Wildman–Crippen MR) is 55.2 cm³/mol. The van der Waals surface area contributed by atoms with E-state index < -0.39 is 0 Å². The van der Waals surface area contributed by atoms with E-state index in [1.54, 1.807) is 12.1 Å². The first-order chi connectivity index (χ1) is 6.75. The summed E-state index contributed by atoms with van der Waals surface area (Å²) in [5, 5.41) is 18.4. The molecule has 1 heterocycles. The van der Waals surface area contributed by atoms with Crippen LogP contribution in [0.1, 0.15) is 10.6 Å². The lowest BCUT2D eigenvalue weighted by atomic mass is 10.1. The average molecular weight is 207 g/mol. The molecule has 3 N–H and O–H groups in total. The molecule has 0 amide bonds. The number of aromatic nitrogens is 2. The number of rotatable bonds is 2. The largest absolute Gasteiger partial charge is 0.508 e. The van der Waals surface area contributed by atoms with Crippen LogP contribution in [0.2, 0.25) is 0 Å². The number of para-hydroxylation sites is 1. The van der Waals surface area contributed by atoms with Gasteiger partial charge in [-0.05, 0) is 6.07 Å². The molecular weight excluding hydrogens is 198 g/mol. The zero-order valence-electron chi connectivity index (χ0n) is 7.34. The molecule has 0 saturated heterocycles. The minimum Gasteiger partial charge on any atom is -0.508 e. The molecule has 0 aliphatic heterocycles. The van der Waals surface area contributed by atoms with Gasteiger partial charge in [0.25, 0.3) is 0 Å². The van der Waals surface area contributed by atoms with E-state index in [1.165, 1.54) is 11.3 Å². The van der Waals surface area contributed by atoms with Crippen molar-refractivity contribution < 1.29 is 5.11 Å². The molecule has 0 aliphatic carbocycles. The summed E-state index contributed by atoms with van der Waals surface area (Å²) in [6.45, 7) is 0. The van der Waals surface area contributed by atoms with Gasteiger partial charge in [-0.25, -0.2) is 0 Å². The minimum atomic E-state index is 0.279. The molecule has 0 aliphatic rings. The van der Waals surface area contributed by atoms with E-state index >= 15 is 0 Å². The van der Waals surface area contributed by atoms with Gasteiger partial charge in [-0.15, -0.1) is 10.2 Å².